The molecule has 0 saturated carbocycles. The topological polar surface area (TPSA) is 100.0 Å². The van der Waals surface area contributed by atoms with Gasteiger partial charge >= 0.3 is 5.97 Å². The Hall–Kier alpha value is -2.15. The fourth-order valence-electron chi connectivity index (χ4n) is 2.18. The summed E-state index contributed by atoms with van der Waals surface area (Å²) in [4.78, 5) is 28.7. The molecule has 2 rings (SSSR count). The van der Waals surface area contributed by atoms with E-state index in [1.54, 1.807) is 12.1 Å². The zero-order valence-electron chi connectivity index (χ0n) is 11.1. The molecule has 1 fully saturated rings. The Morgan fingerprint density at radius 3 is 2.60 bits per heavy atom. The van der Waals surface area contributed by atoms with E-state index in [4.69, 9.17) is 9.84 Å². The number of piperidine rings is 1. The number of aliphatic hydroxyl groups is 1. The first-order valence-electron chi connectivity index (χ1n) is 6.22. The van der Waals surface area contributed by atoms with Gasteiger partial charge in [0.1, 0.15) is 5.56 Å². The molecule has 1 aromatic heterocycles. The van der Waals surface area contributed by atoms with E-state index in [2.05, 4.69) is 4.98 Å². The van der Waals surface area contributed by atoms with Gasteiger partial charge in [0.2, 0.25) is 5.88 Å². The quantitative estimate of drug-likeness (QED) is 0.817. The molecular formula is C13H16N2O5. The number of carbonyl (C=O) groups excluding carboxylic acids is 1. The minimum absolute atomic E-state index is 0.0106. The van der Waals surface area contributed by atoms with Crippen LogP contribution in [0.2, 0.25) is 0 Å². The van der Waals surface area contributed by atoms with Crippen molar-refractivity contribution in [3.8, 4) is 5.88 Å². The molecule has 1 aromatic rings. The van der Waals surface area contributed by atoms with Crippen LogP contribution in [0, 0.1) is 0 Å². The maximum absolute atomic E-state index is 12.3. The normalized spacial score (nSPS) is 17.6. The van der Waals surface area contributed by atoms with Crippen LogP contribution in [-0.4, -0.2) is 57.8 Å². The third-order valence-electron chi connectivity index (χ3n) is 3.47. The maximum atomic E-state index is 12.3. The molecule has 1 saturated heterocycles. The molecule has 0 aliphatic carbocycles. The molecule has 1 amide bonds. The van der Waals surface area contributed by atoms with E-state index in [9.17, 15) is 14.7 Å². The SMILES string of the molecule is COc1ncccc1C(=O)N1CCC(O)(C(=O)O)CC1. The molecular weight excluding hydrogens is 264 g/mol. The van der Waals surface area contributed by atoms with Gasteiger partial charge in [-0.05, 0) is 12.1 Å². The molecule has 0 radical (unpaired) electrons. The number of amides is 1. The van der Waals surface area contributed by atoms with Crippen LogP contribution in [0.15, 0.2) is 18.3 Å². The van der Waals surface area contributed by atoms with Crippen LogP contribution in [0.5, 0.6) is 5.88 Å². The van der Waals surface area contributed by atoms with Gasteiger partial charge in [-0.1, -0.05) is 0 Å². The van der Waals surface area contributed by atoms with Crippen LogP contribution < -0.4 is 4.74 Å². The first kappa shape index (κ1) is 14.3. The number of pyridine rings is 1. The van der Waals surface area contributed by atoms with Gasteiger partial charge in [-0.25, -0.2) is 9.78 Å². The van der Waals surface area contributed by atoms with E-state index >= 15 is 0 Å². The van der Waals surface area contributed by atoms with E-state index in [0.717, 1.165) is 0 Å². The summed E-state index contributed by atoms with van der Waals surface area (Å²) in [6.07, 6.45) is 1.54. The summed E-state index contributed by atoms with van der Waals surface area (Å²) in [5.41, 5.74) is -1.41. The standard InChI is InChI=1S/C13H16N2O5/c1-20-10-9(3-2-6-14-10)11(16)15-7-4-13(19,5-8-15)12(17)18/h2-3,6,19H,4-5,7-8H2,1H3,(H,17,18). The maximum Gasteiger partial charge on any atom is 0.335 e. The summed E-state index contributed by atoms with van der Waals surface area (Å²) in [5, 5.41) is 18.8. The van der Waals surface area contributed by atoms with Gasteiger partial charge in [0.25, 0.3) is 5.91 Å². The Labute approximate surface area is 115 Å². The average molecular weight is 280 g/mol. The summed E-state index contributed by atoms with van der Waals surface area (Å²) in [6, 6.07) is 3.24. The Morgan fingerprint density at radius 2 is 2.05 bits per heavy atom. The molecule has 7 nitrogen and oxygen atoms in total. The van der Waals surface area contributed by atoms with Crippen LogP contribution in [0.25, 0.3) is 0 Å². The van der Waals surface area contributed by atoms with Gasteiger partial charge in [0, 0.05) is 32.1 Å². The summed E-state index contributed by atoms with van der Waals surface area (Å²) in [7, 11) is 1.43. The lowest BCUT2D eigenvalue weighted by atomic mass is 9.91. The molecule has 0 bridgehead atoms. The molecule has 1 aliphatic heterocycles. The second kappa shape index (κ2) is 5.46. The van der Waals surface area contributed by atoms with Crippen LogP contribution >= 0.6 is 0 Å². The Kier molecular flexibility index (Phi) is 3.89. The fourth-order valence-corrected chi connectivity index (χ4v) is 2.18. The van der Waals surface area contributed by atoms with Gasteiger partial charge in [0.05, 0.1) is 7.11 Å². The third-order valence-corrected chi connectivity index (χ3v) is 3.47. The number of aromatic nitrogens is 1. The van der Waals surface area contributed by atoms with Gasteiger partial charge in [0.15, 0.2) is 5.60 Å². The molecule has 0 unspecified atom stereocenters. The lowest BCUT2D eigenvalue weighted by molar-refractivity contribution is -0.162. The molecule has 0 atom stereocenters. The van der Waals surface area contributed by atoms with Crippen molar-refractivity contribution in [1.29, 1.82) is 0 Å². The number of nitrogens with zero attached hydrogens (tertiary/aromatic N) is 2. The van der Waals surface area contributed by atoms with Crippen molar-refractivity contribution in [2.75, 3.05) is 20.2 Å². The number of methoxy groups -OCH3 is 1. The predicted octanol–water partition coefficient (Wildman–Crippen LogP) is 0.142. The minimum Gasteiger partial charge on any atom is -0.480 e. The fraction of sp³-hybridized carbons (Fsp3) is 0.462. The number of aliphatic carboxylic acids is 1. The van der Waals surface area contributed by atoms with Crippen molar-refractivity contribution >= 4 is 11.9 Å². The summed E-state index contributed by atoms with van der Waals surface area (Å²) in [6.45, 7) is 0.360. The highest BCUT2D eigenvalue weighted by Gasteiger charge is 2.40. The van der Waals surface area contributed by atoms with Crippen molar-refractivity contribution in [1.82, 2.24) is 9.88 Å². The highest BCUT2D eigenvalue weighted by Crippen LogP contribution is 2.25. The zero-order valence-corrected chi connectivity index (χ0v) is 11.1. The monoisotopic (exact) mass is 280 g/mol. The molecule has 0 aromatic carbocycles. The van der Waals surface area contributed by atoms with Gasteiger partial charge < -0.3 is 19.8 Å². The molecule has 2 heterocycles. The highest BCUT2D eigenvalue weighted by molar-refractivity contribution is 5.96. The number of carboxylic acids is 1. The van der Waals surface area contributed by atoms with Crippen molar-refractivity contribution < 1.29 is 24.5 Å². The van der Waals surface area contributed by atoms with E-state index in [1.807, 2.05) is 0 Å². The highest BCUT2D eigenvalue weighted by atomic mass is 16.5. The molecule has 2 N–H and O–H groups in total. The number of hydrogen-bond donors (Lipinski definition) is 2. The van der Waals surface area contributed by atoms with Crippen molar-refractivity contribution in [3.05, 3.63) is 23.9 Å². The summed E-state index contributed by atoms with van der Waals surface area (Å²) < 4.78 is 5.03. The second-order valence-corrected chi connectivity index (χ2v) is 4.69. The van der Waals surface area contributed by atoms with Crippen LogP contribution in [-0.2, 0) is 4.79 Å². The number of carbonyl (C=O) groups is 2. The van der Waals surface area contributed by atoms with Crippen LogP contribution in [0.4, 0.5) is 0 Å². The third kappa shape index (κ3) is 2.57. The van der Waals surface area contributed by atoms with Crippen LogP contribution in [0.1, 0.15) is 23.2 Å². The summed E-state index contributed by atoms with van der Waals surface area (Å²) in [5.74, 6) is -1.29. The van der Waals surface area contributed by atoms with Gasteiger partial charge in [-0.15, -0.1) is 0 Å². The van der Waals surface area contributed by atoms with Crippen molar-refractivity contribution in [3.63, 3.8) is 0 Å². The molecule has 20 heavy (non-hydrogen) atoms. The average Bonchev–Trinajstić information content (AvgIpc) is 2.47. The van der Waals surface area contributed by atoms with Gasteiger partial charge in [-0.3, -0.25) is 4.79 Å². The van der Waals surface area contributed by atoms with Crippen molar-refractivity contribution in [2.24, 2.45) is 0 Å². The predicted molar refractivity (Wildman–Crippen MR) is 68.5 cm³/mol. The van der Waals surface area contributed by atoms with E-state index < -0.39 is 11.6 Å². The minimum atomic E-state index is -1.74. The molecule has 1 aliphatic rings. The van der Waals surface area contributed by atoms with Gasteiger partial charge in [-0.2, -0.15) is 0 Å². The number of rotatable bonds is 3. The molecule has 0 spiro atoms. The van der Waals surface area contributed by atoms with E-state index in [0.29, 0.717) is 5.56 Å². The number of likely N-dealkylation sites (tertiary alicyclic amines) is 1. The largest absolute Gasteiger partial charge is 0.480 e. The first-order valence-corrected chi connectivity index (χ1v) is 6.22. The lowest BCUT2D eigenvalue weighted by Gasteiger charge is -2.35. The number of ether oxygens (including phenoxy) is 1. The van der Waals surface area contributed by atoms with Crippen LogP contribution in [0.3, 0.4) is 0 Å². The Morgan fingerprint density at radius 1 is 1.40 bits per heavy atom. The molecule has 7 heteroatoms. The smallest absolute Gasteiger partial charge is 0.335 e. The lowest BCUT2D eigenvalue weighted by Crippen LogP contribution is -2.50. The van der Waals surface area contributed by atoms with Crippen molar-refractivity contribution in [2.45, 2.75) is 18.4 Å². The molecule has 108 valence electrons. The number of hydrogen-bond acceptors (Lipinski definition) is 5. The summed E-state index contributed by atoms with van der Waals surface area (Å²) >= 11 is 0. The second-order valence-electron chi connectivity index (χ2n) is 4.69. The number of carboxylic acid groups (broad SMARTS) is 1. The Bertz CT molecular complexity index is 523. The Balaban J connectivity index is 2.11. The zero-order chi connectivity index (χ0) is 14.8. The van der Waals surface area contributed by atoms with E-state index in [1.165, 1.54) is 18.2 Å². The first-order chi connectivity index (χ1) is 9.48. The van der Waals surface area contributed by atoms with E-state index in [-0.39, 0.29) is 37.7 Å².